The van der Waals surface area contributed by atoms with Gasteiger partial charge in [-0.2, -0.15) is 0 Å². The average molecular weight is 286 g/mol. The molecule has 2 rings (SSSR count). The summed E-state index contributed by atoms with van der Waals surface area (Å²) in [5.41, 5.74) is 1.28. The molecule has 0 aromatic heterocycles. The maximum atomic E-state index is 12.9. The zero-order valence-corrected chi connectivity index (χ0v) is 11.1. The lowest BCUT2D eigenvalue weighted by molar-refractivity contribution is 0.199. The molecular weight excluding hydrogens is 269 g/mol. The highest BCUT2D eigenvalue weighted by Crippen LogP contribution is 2.33. The van der Waals surface area contributed by atoms with Gasteiger partial charge in [-0.1, -0.05) is 28.1 Å². The third kappa shape index (κ3) is 2.64. The number of hydrogen-bond acceptors (Lipinski definition) is 1. The van der Waals surface area contributed by atoms with E-state index < -0.39 is 0 Å². The maximum absolute atomic E-state index is 12.9. The Morgan fingerprint density at radius 1 is 1.38 bits per heavy atom. The van der Waals surface area contributed by atoms with Crippen molar-refractivity contribution in [3.8, 4) is 0 Å². The van der Waals surface area contributed by atoms with Gasteiger partial charge >= 0.3 is 0 Å². The molecule has 0 bridgehead atoms. The fourth-order valence-corrected chi connectivity index (χ4v) is 3.18. The van der Waals surface area contributed by atoms with Crippen molar-refractivity contribution in [1.29, 1.82) is 0 Å². The van der Waals surface area contributed by atoms with E-state index in [1.54, 1.807) is 12.1 Å². The van der Waals surface area contributed by atoms with E-state index in [0.717, 1.165) is 18.4 Å². The summed E-state index contributed by atoms with van der Waals surface area (Å²) in [7, 11) is 2.16. The van der Waals surface area contributed by atoms with Gasteiger partial charge in [0.15, 0.2) is 0 Å². The Labute approximate surface area is 105 Å². The fraction of sp³-hybridized carbons (Fsp3) is 0.538. The molecule has 0 N–H and O–H groups in total. The first-order valence-corrected chi connectivity index (χ1v) is 6.83. The molecule has 1 aromatic rings. The smallest absolute Gasteiger partial charge is 0.123 e. The van der Waals surface area contributed by atoms with Gasteiger partial charge in [-0.25, -0.2) is 4.39 Å². The largest absolute Gasteiger partial charge is 0.306 e. The second-order valence-corrected chi connectivity index (χ2v) is 5.27. The van der Waals surface area contributed by atoms with Crippen molar-refractivity contribution in [2.24, 2.45) is 5.92 Å². The van der Waals surface area contributed by atoms with Crippen molar-refractivity contribution in [2.75, 3.05) is 25.5 Å². The van der Waals surface area contributed by atoms with Crippen molar-refractivity contribution in [2.45, 2.75) is 12.3 Å². The van der Waals surface area contributed by atoms with E-state index in [1.165, 1.54) is 12.0 Å². The molecule has 0 aliphatic carbocycles. The number of halogens is 2. The highest BCUT2D eigenvalue weighted by molar-refractivity contribution is 9.09. The molecule has 0 amide bonds. The Kier molecular flexibility index (Phi) is 3.98. The first-order valence-electron chi connectivity index (χ1n) is 5.70. The van der Waals surface area contributed by atoms with Crippen LogP contribution in [0.25, 0.3) is 0 Å². The van der Waals surface area contributed by atoms with Crippen LogP contribution in [0.5, 0.6) is 0 Å². The molecule has 1 nitrogen and oxygen atoms in total. The highest BCUT2D eigenvalue weighted by atomic mass is 79.9. The lowest BCUT2D eigenvalue weighted by Gasteiger charge is -2.36. The molecule has 1 saturated heterocycles. The minimum Gasteiger partial charge on any atom is -0.306 e. The van der Waals surface area contributed by atoms with Crippen LogP contribution in [0, 0.1) is 11.7 Å². The van der Waals surface area contributed by atoms with Crippen LogP contribution in [0.3, 0.4) is 0 Å². The minimum absolute atomic E-state index is 0.146. The third-order valence-electron chi connectivity index (χ3n) is 3.43. The Hall–Kier alpha value is -0.410. The van der Waals surface area contributed by atoms with Crippen LogP contribution in [-0.4, -0.2) is 30.4 Å². The van der Waals surface area contributed by atoms with E-state index in [2.05, 4.69) is 27.9 Å². The van der Waals surface area contributed by atoms with Gasteiger partial charge in [-0.05, 0) is 49.5 Å². The predicted octanol–water partition coefficient (Wildman–Crippen LogP) is 3.26. The van der Waals surface area contributed by atoms with Gasteiger partial charge in [0.25, 0.3) is 0 Å². The van der Waals surface area contributed by atoms with Crippen molar-refractivity contribution >= 4 is 15.9 Å². The van der Waals surface area contributed by atoms with Crippen LogP contribution in [0.4, 0.5) is 4.39 Å². The summed E-state index contributed by atoms with van der Waals surface area (Å²) >= 11 is 3.59. The lowest BCUT2D eigenvalue weighted by atomic mass is 9.82. The maximum Gasteiger partial charge on any atom is 0.123 e. The number of alkyl halides is 1. The topological polar surface area (TPSA) is 3.24 Å². The molecule has 1 heterocycles. The SMILES string of the molecule is CN1CC[C@@H](c2ccc(F)cc2)[C@H](CBr)C1. The number of rotatable bonds is 2. The number of benzene rings is 1. The number of likely N-dealkylation sites (tertiary alicyclic amines) is 1. The van der Waals surface area contributed by atoms with Crippen molar-refractivity contribution in [3.63, 3.8) is 0 Å². The monoisotopic (exact) mass is 285 g/mol. The normalized spacial score (nSPS) is 26.9. The zero-order valence-electron chi connectivity index (χ0n) is 9.50. The summed E-state index contributed by atoms with van der Waals surface area (Å²) in [6.45, 7) is 2.25. The first-order chi connectivity index (χ1) is 7.70. The Morgan fingerprint density at radius 2 is 2.06 bits per heavy atom. The summed E-state index contributed by atoms with van der Waals surface area (Å²) in [6.07, 6.45) is 1.17. The molecule has 0 unspecified atom stereocenters. The molecule has 88 valence electrons. The molecule has 0 spiro atoms. The summed E-state index contributed by atoms with van der Waals surface area (Å²) in [5, 5.41) is 1.01. The van der Waals surface area contributed by atoms with Gasteiger partial charge in [0, 0.05) is 11.9 Å². The highest BCUT2D eigenvalue weighted by Gasteiger charge is 2.27. The minimum atomic E-state index is -0.146. The number of hydrogen-bond donors (Lipinski definition) is 0. The van der Waals surface area contributed by atoms with Crippen molar-refractivity contribution in [3.05, 3.63) is 35.6 Å². The van der Waals surface area contributed by atoms with Gasteiger partial charge < -0.3 is 4.90 Å². The second-order valence-electron chi connectivity index (χ2n) is 4.62. The molecule has 16 heavy (non-hydrogen) atoms. The van der Waals surface area contributed by atoms with Crippen molar-refractivity contribution < 1.29 is 4.39 Å². The molecule has 1 aromatic carbocycles. The third-order valence-corrected chi connectivity index (χ3v) is 4.27. The van der Waals surface area contributed by atoms with Crippen LogP contribution in [0.15, 0.2) is 24.3 Å². The Balaban J connectivity index is 2.15. The summed E-state index contributed by atoms with van der Waals surface area (Å²) in [4.78, 5) is 2.37. The van der Waals surface area contributed by atoms with E-state index in [0.29, 0.717) is 11.8 Å². The van der Waals surface area contributed by atoms with Crippen LogP contribution in [0.2, 0.25) is 0 Å². The quantitative estimate of drug-likeness (QED) is 0.754. The molecule has 0 radical (unpaired) electrons. The summed E-state index contributed by atoms with van der Waals surface area (Å²) in [6, 6.07) is 7.00. The second kappa shape index (κ2) is 5.28. The predicted molar refractivity (Wildman–Crippen MR) is 68.5 cm³/mol. The van der Waals surface area contributed by atoms with E-state index >= 15 is 0 Å². The fourth-order valence-electron chi connectivity index (χ4n) is 2.52. The van der Waals surface area contributed by atoms with E-state index in [9.17, 15) is 4.39 Å². The lowest BCUT2D eigenvalue weighted by Crippen LogP contribution is -2.37. The number of piperidine rings is 1. The van der Waals surface area contributed by atoms with Crippen LogP contribution >= 0.6 is 15.9 Å². The van der Waals surface area contributed by atoms with E-state index in [-0.39, 0.29) is 5.82 Å². The summed E-state index contributed by atoms with van der Waals surface area (Å²) in [5.74, 6) is 1.05. The number of nitrogens with zero attached hydrogens (tertiary/aromatic N) is 1. The molecular formula is C13H17BrFN. The first kappa shape index (κ1) is 12.1. The van der Waals surface area contributed by atoms with Crippen LogP contribution in [0.1, 0.15) is 17.9 Å². The molecule has 0 saturated carbocycles. The van der Waals surface area contributed by atoms with Crippen LogP contribution < -0.4 is 0 Å². The summed E-state index contributed by atoms with van der Waals surface area (Å²) < 4.78 is 12.9. The molecule has 1 aliphatic heterocycles. The van der Waals surface area contributed by atoms with Gasteiger partial charge in [-0.3, -0.25) is 0 Å². The van der Waals surface area contributed by atoms with Gasteiger partial charge in [0.2, 0.25) is 0 Å². The molecule has 1 aliphatic rings. The zero-order chi connectivity index (χ0) is 11.5. The molecule has 2 atom stereocenters. The Morgan fingerprint density at radius 3 is 2.69 bits per heavy atom. The molecule has 3 heteroatoms. The van der Waals surface area contributed by atoms with E-state index in [4.69, 9.17) is 0 Å². The molecule has 1 fully saturated rings. The average Bonchev–Trinajstić information content (AvgIpc) is 2.30. The van der Waals surface area contributed by atoms with Gasteiger partial charge in [0.05, 0.1) is 0 Å². The standard InChI is InChI=1S/C13H17BrFN/c1-16-7-6-13(11(8-14)9-16)10-2-4-12(15)5-3-10/h2-5,11,13H,6-9H2,1H3/t11-,13+/m1/s1. The van der Waals surface area contributed by atoms with Crippen molar-refractivity contribution in [1.82, 2.24) is 4.90 Å². The Bertz CT molecular complexity index is 338. The van der Waals surface area contributed by atoms with Crippen LogP contribution in [-0.2, 0) is 0 Å². The van der Waals surface area contributed by atoms with E-state index in [1.807, 2.05) is 12.1 Å². The van der Waals surface area contributed by atoms with Gasteiger partial charge in [-0.15, -0.1) is 0 Å². The van der Waals surface area contributed by atoms with Gasteiger partial charge in [0.1, 0.15) is 5.82 Å².